The third-order valence-corrected chi connectivity index (χ3v) is 6.13. The zero-order valence-corrected chi connectivity index (χ0v) is 16.9. The van der Waals surface area contributed by atoms with Crippen LogP contribution < -0.4 is 15.4 Å². The zero-order chi connectivity index (χ0) is 19.9. The number of fused-ring (bicyclic) bond motifs is 1. The molecule has 0 atom stereocenters. The van der Waals surface area contributed by atoms with Crippen LogP contribution in [0.4, 0.5) is 17.5 Å². The standard InChI is InChI=1S/C19H23N5O3S/c1-11-10-20-17-16(11)18(21-12-5-4-6-12)24-19(23-17)22-14-8-7-13(28(3,25)26)9-15(14)27-2/h7-10,12H,4-6H2,1-3H3,(H3,20,21,22,23,24). The van der Waals surface area contributed by atoms with Crippen molar-refractivity contribution in [2.75, 3.05) is 24.0 Å². The van der Waals surface area contributed by atoms with Crippen molar-refractivity contribution in [1.29, 1.82) is 0 Å². The highest BCUT2D eigenvalue weighted by atomic mass is 32.2. The number of aromatic amines is 1. The average molecular weight is 401 g/mol. The van der Waals surface area contributed by atoms with Crippen molar-refractivity contribution in [3.63, 3.8) is 0 Å². The molecule has 0 saturated heterocycles. The number of sulfone groups is 1. The molecule has 0 radical (unpaired) electrons. The van der Waals surface area contributed by atoms with Crippen molar-refractivity contribution < 1.29 is 13.2 Å². The smallest absolute Gasteiger partial charge is 0.231 e. The summed E-state index contributed by atoms with van der Waals surface area (Å²) in [5.41, 5.74) is 2.41. The number of hydrogen-bond acceptors (Lipinski definition) is 7. The Bertz CT molecular complexity index is 1140. The Balaban J connectivity index is 1.71. The summed E-state index contributed by atoms with van der Waals surface area (Å²) in [4.78, 5) is 12.6. The second-order valence-electron chi connectivity index (χ2n) is 7.12. The van der Waals surface area contributed by atoms with E-state index in [1.165, 1.54) is 25.7 Å². The normalized spacial score (nSPS) is 14.7. The maximum Gasteiger partial charge on any atom is 0.231 e. The molecule has 1 aliphatic rings. The van der Waals surface area contributed by atoms with E-state index in [-0.39, 0.29) is 4.90 Å². The van der Waals surface area contributed by atoms with E-state index in [9.17, 15) is 8.42 Å². The fraction of sp³-hybridized carbons (Fsp3) is 0.368. The molecule has 0 bridgehead atoms. The summed E-state index contributed by atoms with van der Waals surface area (Å²) in [5.74, 6) is 1.60. The molecule has 0 amide bonds. The Morgan fingerprint density at radius 3 is 2.68 bits per heavy atom. The lowest BCUT2D eigenvalue weighted by molar-refractivity contribution is 0.415. The number of nitrogens with one attached hydrogen (secondary N) is 3. The molecule has 148 valence electrons. The Kier molecular flexibility index (Phi) is 4.62. The second kappa shape index (κ2) is 6.97. The third-order valence-electron chi connectivity index (χ3n) is 5.02. The number of nitrogens with zero attached hydrogens (tertiary/aromatic N) is 2. The van der Waals surface area contributed by atoms with E-state index in [1.807, 2.05) is 13.1 Å². The van der Waals surface area contributed by atoms with Gasteiger partial charge in [0.2, 0.25) is 5.95 Å². The van der Waals surface area contributed by atoms with E-state index in [2.05, 4.69) is 25.6 Å². The van der Waals surface area contributed by atoms with Crippen molar-refractivity contribution in [3.05, 3.63) is 30.0 Å². The Morgan fingerprint density at radius 1 is 1.25 bits per heavy atom. The molecule has 9 heteroatoms. The first-order chi connectivity index (χ1) is 13.3. The number of rotatable bonds is 6. The Hall–Kier alpha value is -2.81. The van der Waals surface area contributed by atoms with Gasteiger partial charge < -0.3 is 20.4 Å². The highest BCUT2D eigenvalue weighted by molar-refractivity contribution is 7.90. The van der Waals surface area contributed by atoms with Gasteiger partial charge in [-0.15, -0.1) is 0 Å². The molecule has 0 unspecified atom stereocenters. The van der Waals surface area contributed by atoms with E-state index in [0.717, 1.165) is 41.5 Å². The van der Waals surface area contributed by atoms with Gasteiger partial charge in [-0.1, -0.05) is 0 Å². The molecule has 0 aliphatic heterocycles. The quantitative estimate of drug-likeness (QED) is 0.581. The zero-order valence-electron chi connectivity index (χ0n) is 16.0. The van der Waals surface area contributed by atoms with Crippen LogP contribution in [0.2, 0.25) is 0 Å². The summed E-state index contributed by atoms with van der Waals surface area (Å²) < 4.78 is 28.9. The number of anilines is 3. The summed E-state index contributed by atoms with van der Waals surface area (Å²) in [5, 5.41) is 7.64. The molecule has 1 aromatic carbocycles. The molecule has 4 rings (SSSR count). The largest absolute Gasteiger partial charge is 0.495 e. The molecule has 1 fully saturated rings. The van der Waals surface area contributed by atoms with Gasteiger partial charge in [0, 0.05) is 24.6 Å². The maximum atomic E-state index is 11.8. The molecule has 28 heavy (non-hydrogen) atoms. The number of benzene rings is 1. The predicted octanol–water partition coefficient (Wildman–Crippen LogP) is 3.39. The SMILES string of the molecule is COc1cc(S(C)(=O)=O)ccc1Nc1nc(NC2CCC2)c2c(C)c[nH]c2n1. The van der Waals surface area contributed by atoms with E-state index in [0.29, 0.717) is 23.4 Å². The van der Waals surface area contributed by atoms with Gasteiger partial charge in [-0.3, -0.25) is 0 Å². The van der Waals surface area contributed by atoms with E-state index in [1.54, 1.807) is 6.07 Å². The molecular formula is C19H23N5O3S. The Morgan fingerprint density at radius 2 is 2.04 bits per heavy atom. The number of methoxy groups -OCH3 is 1. The first-order valence-corrected chi connectivity index (χ1v) is 11.0. The number of ether oxygens (including phenoxy) is 1. The van der Waals surface area contributed by atoms with Crippen molar-refractivity contribution >= 4 is 38.3 Å². The van der Waals surface area contributed by atoms with Gasteiger partial charge >= 0.3 is 0 Å². The van der Waals surface area contributed by atoms with Crippen LogP contribution in [0.1, 0.15) is 24.8 Å². The molecule has 3 N–H and O–H groups in total. The van der Waals surface area contributed by atoms with Crippen molar-refractivity contribution in [3.8, 4) is 5.75 Å². The minimum Gasteiger partial charge on any atom is -0.495 e. The van der Waals surface area contributed by atoms with Gasteiger partial charge in [-0.2, -0.15) is 9.97 Å². The average Bonchev–Trinajstić information content (AvgIpc) is 2.98. The van der Waals surface area contributed by atoms with Gasteiger partial charge in [-0.05, 0) is 43.9 Å². The lowest BCUT2D eigenvalue weighted by atomic mass is 9.93. The Labute approximate surface area is 163 Å². The van der Waals surface area contributed by atoms with Crippen molar-refractivity contribution in [2.24, 2.45) is 0 Å². The van der Waals surface area contributed by atoms with Gasteiger partial charge in [0.25, 0.3) is 0 Å². The highest BCUT2D eigenvalue weighted by Gasteiger charge is 2.21. The van der Waals surface area contributed by atoms with Crippen LogP contribution in [0, 0.1) is 6.92 Å². The fourth-order valence-corrected chi connectivity index (χ4v) is 3.86. The highest BCUT2D eigenvalue weighted by Crippen LogP contribution is 2.33. The summed E-state index contributed by atoms with van der Waals surface area (Å²) in [6, 6.07) is 5.11. The van der Waals surface area contributed by atoms with Gasteiger partial charge in [0.15, 0.2) is 9.84 Å². The van der Waals surface area contributed by atoms with Crippen LogP contribution >= 0.6 is 0 Å². The topological polar surface area (TPSA) is 109 Å². The molecular weight excluding hydrogens is 378 g/mol. The lowest BCUT2D eigenvalue weighted by Crippen LogP contribution is -2.27. The molecule has 2 heterocycles. The predicted molar refractivity (Wildman–Crippen MR) is 109 cm³/mol. The lowest BCUT2D eigenvalue weighted by Gasteiger charge is -2.27. The van der Waals surface area contributed by atoms with Gasteiger partial charge in [0.1, 0.15) is 17.2 Å². The molecule has 0 spiro atoms. The molecule has 1 aliphatic carbocycles. The summed E-state index contributed by atoms with van der Waals surface area (Å²) >= 11 is 0. The first-order valence-electron chi connectivity index (χ1n) is 9.12. The van der Waals surface area contributed by atoms with Crippen molar-refractivity contribution in [2.45, 2.75) is 37.1 Å². The van der Waals surface area contributed by atoms with E-state index < -0.39 is 9.84 Å². The van der Waals surface area contributed by atoms with Crippen LogP contribution in [-0.4, -0.2) is 42.8 Å². The van der Waals surface area contributed by atoms with Crippen LogP contribution in [-0.2, 0) is 9.84 Å². The molecule has 3 aromatic rings. The molecule has 1 saturated carbocycles. The second-order valence-corrected chi connectivity index (χ2v) is 9.14. The number of H-pyrrole nitrogens is 1. The van der Waals surface area contributed by atoms with Crippen LogP contribution in [0.3, 0.4) is 0 Å². The number of aryl methyl sites for hydroxylation is 1. The van der Waals surface area contributed by atoms with Crippen molar-refractivity contribution in [1.82, 2.24) is 15.0 Å². The fourth-order valence-electron chi connectivity index (χ4n) is 3.22. The van der Waals surface area contributed by atoms with Gasteiger partial charge in [-0.25, -0.2) is 8.42 Å². The van der Waals surface area contributed by atoms with Crippen LogP contribution in [0.25, 0.3) is 11.0 Å². The summed E-state index contributed by atoms with van der Waals surface area (Å²) in [6.07, 6.45) is 6.58. The minimum atomic E-state index is -3.32. The van der Waals surface area contributed by atoms with Crippen LogP contribution in [0.5, 0.6) is 5.75 Å². The minimum absolute atomic E-state index is 0.193. The van der Waals surface area contributed by atoms with E-state index in [4.69, 9.17) is 4.74 Å². The van der Waals surface area contributed by atoms with Crippen LogP contribution in [0.15, 0.2) is 29.3 Å². The monoisotopic (exact) mass is 401 g/mol. The first kappa shape index (κ1) is 18.5. The third kappa shape index (κ3) is 3.49. The maximum absolute atomic E-state index is 11.8. The molecule has 8 nitrogen and oxygen atoms in total. The van der Waals surface area contributed by atoms with Gasteiger partial charge in [0.05, 0.1) is 23.1 Å². The number of aromatic nitrogens is 3. The number of hydrogen-bond donors (Lipinski definition) is 3. The summed E-state index contributed by atoms with van der Waals surface area (Å²) in [7, 11) is -1.83. The molecule has 2 aromatic heterocycles. The van der Waals surface area contributed by atoms with E-state index >= 15 is 0 Å². The summed E-state index contributed by atoms with van der Waals surface area (Å²) in [6.45, 7) is 2.02.